The fourth-order valence-corrected chi connectivity index (χ4v) is 1.97. The molecule has 0 saturated heterocycles. The van der Waals surface area contributed by atoms with Gasteiger partial charge in [0, 0.05) is 12.1 Å². The summed E-state index contributed by atoms with van der Waals surface area (Å²) < 4.78 is 4.69. The van der Waals surface area contributed by atoms with E-state index in [1.54, 1.807) is 0 Å². The zero-order chi connectivity index (χ0) is 10.6. The molecule has 14 heavy (non-hydrogen) atoms. The molecule has 0 aromatic rings. The van der Waals surface area contributed by atoms with Gasteiger partial charge in [-0.2, -0.15) is 0 Å². The Morgan fingerprint density at radius 2 is 2.00 bits per heavy atom. The van der Waals surface area contributed by atoms with E-state index in [-0.39, 0.29) is 11.9 Å². The Bertz CT molecular complexity index is 184. The van der Waals surface area contributed by atoms with E-state index < -0.39 is 0 Å². The molecule has 1 N–H and O–H groups in total. The van der Waals surface area contributed by atoms with Crippen molar-refractivity contribution in [2.24, 2.45) is 5.92 Å². The molecular formula is C11H21NO2. The summed E-state index contributed by atoms with van der Waals surface area (Å²) in [6.07, 6.45) is 4.22. The molecule has 1 aliphatic rings. The summed E-state index contributed by atoms with van der Waals surface area (Å²) in [5, 5.41) is 3.55. The molecule has 0 spiro atoms. The number of hydrogen-bond donors (Lipinski definition) is 1. The molecule has 3 nitrogen and oxygen atoms in total. The number of rotatable bonds is 5. The van der Waals surface area contributed by atoms with Crippen molar-refractivity contribution in [3.05, 3.63) is 0 Å². The van der Waals surface area contributed by atoms with Crippen molar-refractivity contribution in [2.75, 3.05) is 7.11 Å². The first-order chi connectivity index (χ1) is 6.71. The third-order valence-electron chi connectivity index (χ3n) is 3.13. The fraction of sp³-hybridized carbons (Fsp3) is 0.909. The highest BCUT2D eigenvalue weighted by Crippen LogP contribution is 2.29. The van der Waals surface area contributed by atoms with Gasteiger partial charge in [-0.1, -0.05) is 13.8 Å². The number of carbonyl (C=O) groups excluding carboxylic acids is 1. The molecule has 1 fully saturated rings. The summed E-state index contributed by atoms with van der Waals surface area (Å²) in [5.41, 5.74) is 0. The van der Waals surface area contributed by atoms with Crippen LogP contribution in [0.25, 0.3) is 0 Å². The smallest absolute Gasteiger partial charge is 0.308 e. The van der Waals surface area contributed by atoms with Gasteiger partial charge in [0.05, 0.1) is 13.0 Å². The first-order valence-electron chi connectivity index (χ1n) is 5.55. The zero-order valence-corrected chi connectivity index (χ0v) is 9.38. The molecule has 1 aliphatic carbocycles. The number of ether oxygens (including phenoxy) is 1. The summed E-state index contributed by atoms with van der Waals surface area (Å²) in [4.78, 5) is 11.1. The van der Waals surface area contributed by atoms with Crippen LogP contribution < -0.4 is 5.32 Å². The third-order valence-corrected chi connectivity index (χ3v) is 3.13. The maximum atomic E-state index is 11.1. The van der Waals surface area contributed by atoms with Gasteiger partial charge in [0.25, 0.3) is 0 Å². The van der Waals surface area contributed by atoms with E-state index in [0.29, 0.717) is 12.1 Å². The molecule has 82 valence electrons. The number of esters is 1. The monoisotopic (exact) mass is 199 g/mol. The van der Waals surface area contributed by atoms with E-state index in [2.05, 4.69) is 19.2 Å². The van der Waals surface area contributed by atoms with Crippen molar-refractivity contribution in [3.8, 4) is 0 Å². The van der Waals surface area contributed by atoms with Gasteiger partial charge in [-0.25, -0.2) is 0 Å². The minimum atomic E-state index is -0.0485. The fourth-order valence-electron chi connectivity index (χ4n) is 1.97. The van der Waals surface area contributed by atoms with E-state index in [1.165, 1.54) is 7.11 Å². The zero-order valence-electron chi connectivity index (χ0n) is 9.38. The molecule has 0 bridgehead atoms. The second-order valence-corrected chi connectivity index (χ2v) is 4.07. The van der Waals surface area contributed by atoms with E-state index in [4.69, 9.17) is 4.74 Å². The number of nitrogens with one attached hydrogen (secondary N) is 1. The Morgan fingerprint density at radius 3 is 2.43 bits per heavy atom. The molecule has 0 radical (unpaired) electrons. The number of carbonyl (C=O) groups is 1. The van der Waals surface area contributed by atoms with Crippen LogP contribution in [0.15, 0.2) is 0 Å². The van der Waals surface area contributed by atoms with E-state index in [9.17, 15) is 4.79 Å². The van der Waals surface area contributed by atoms with Crippen LogP contribution in [-0.4, -0.2) is 25.2 Å². The molecule has 0 atom stereocenters. The first kappa shape index (κ1) is 11.5. The molecule has 0 unspecified atom stereocenters. The van der Waals surface area contributed by atoms with Crippen LogP contribution in [0.5, 0.6) is 0 Å². The van der Waals surface area contributed by atoms with Crippen molar-refractivity contribution < 1.29 is 9.53 Å². The maximum absolute atomic E-state index is 11.1. The summed E-state index contributed by atoms with van der Waals surface area (Å²) in [5.74, 6) is 0.0967. The second kappa shape index (κ2) is 5.35. The van der Waals surface area contributed by atoms with Crippen LogP contribution in [0.3, 0.4) is 0 Å². The summed E-state index contributed by atoms with van der Waals surface area (Å²) in [7, 11) is 1.46. The first-order valence-corrected chi connectivity index (χ1v) is 5.55. The molecular weight excluding hydrogens is 178 g/mol. The van der Waals surface area contributed by atoms with Crippen LogP contribution in [-0.2, 0) is 9.53 Å². The second-order valence-electron chi connectivity index (χ2n) is 4.07. The lowest BCUT2D eigenvalue weighted by Crippen LogP contribution is -2.48. The van der Waals surface area contributed by atoms with Crippen LogP contribution >= 0.6 is 0 Å². The molecule has 1 saturated carbocycles. The quantitative estimate of drug-likeness (QED) is 0.685. The maximum Gasteiger partial charge on any atom is 0.308 e. The van der Waals surface area contributed by atoms with Crippen molar-refractivity contribution >= 4 is 5.97 Å². The van der Waals surface area contributed by atoms with Crippen molar-refractivity contribution in [1.29, 1.82) is 0 Å². The average molecular weight is 199 g/mol. The SMILES string of the molecule is CCC(CC)NC1CC(C(=O)OC)C1. The summed E-state index contributed by atoms with van der Waals surface area (Å²) >= 11 is 0. The molecule has 0 aromatic carbocycles. The van der Waals surface area contributed by atoms with Gasteiger partial charge in [0.2, 0.25) is 0 Å². The third kappa shape index (κ3) is 2.71. The molecule has 1 rings (SSSR count). The van der Waals surface area contributed by atoms with Gasteiger partial charge in [0.15, 0.2) is 0 Å². The highest BCUT2D eigenvalue weighted by molar-refractivity contribution is 5.73. The molecule has 3 heteroatoms. The lowest BCUT2D eigenvalue weighted by Gasteiger charge is -2.36. The van der Waals surface area contributed by atoms with Gasteiger partial charge in [-0.3, -0.25) is 4.79 Å². The van der Waals surface area contributed by atoms with Crippen molar-refractivity contribution in [3.63, 3.8) is 0 Å². The minimum absolute atomic E-state index is 0.0485. The van der Waals surface area contributed by atoms with Crippen LogP contribution in [0.1, 0.15) is 39.5 Å². The molecule has 0 aromatic heterocycles. The van der Waals surface area contributed by atoms with Gasteiger partial charge in [-0.05, 0) is 25.7 Å². The predicted molar refractivity (Wildman–Crippen MR) is 56.0 cm³/mol. The van der Waals surface area contributed by atoms with Crippen molar-refractivity contribution in [1.82, 2.24) is 5.32 Å². The number of methoxy groups -OCH3 is 1. The Balaban J connectivity index is 2.18. The Labute approximate surface area is 86.2 Å². The van der Waals surface area contributed by atoms with Gasteiger partial charge in [-0.15, -0.1) is 0 Å². The standard InChI is InChI=1S/C11H21NO2/c1-4-9(5-2)12-10-6-8(7-10)11(13)14-3/h8-10,12H,4-7H2,1-3H3. The Kier molecular flexibility index (Phi) is 4.39. The number of hydrogen-bond acceptors (Lipinski definition) is 3. The Hall–Kier alpha value is -0.570. The highest BCUT2D eigenvalue weighted by Gasteiger charge is 2.35. The molecule has 0 heterocycles. The van der Waals surface area contributed by atoms with E-state index in [0.717, 1.165) is 25.7 Å². The molecule has 0 amide bonds. The lowest BCUT2D eigenvalue weighted by molar-refractivity contribution is -0.149. The van der Waals surface area contributed by atoms with Crippen molar-refractivity contribution in [2.45, 2.75) is 51.6 Å². The Morgan fingerprint density at radius 1 is 1.43 bits per heavy atom. The van der Waals surface area contributed by atoms with Gasteiger partial charge >= 0.3 is 5.97 Å². The predicted octanol–water partition coefficient (Wildman–Crippen LogP) is 1.72. The largest absolute Gasteiger partial charge is 0.469 e. The average Bonchev–Trinajstić information content (AvgIpc) is 2.15. The van der Waals surface area contributed by atoms with Crippen LogP contribution in [0, 0.1) is 5.92 Å². The normalized spacial score (nSPS) is 26.0. The van der Waals surface area contributed by atoms with Gasteiger partial charge in [0.1, 0.15) is 0 Å². The topological polar surface area (TPSA) is 38.3 Å². The van der Waals surface area contributed by atoms with Crippen LogP contribution in [0.2, 0.25) is 0 Å². The lowest BCUT2D eigenvalue weighted by atomic mass is 9.80. The van der Waals surface area contributed by atoms with Gasteiger partial charge < -0.3 is 10.1 Å². The highest BCUT2D eigenvalue weighted by atomic mass is 16.5. The van der Waals surface area contributed by atoms with Crippen LogP contribution in [0.4, 0.5) is 0 Å². The summed E-state index contributed by atoms with van der Waals surface area (Å²) in [6.45, 7) is 4.38. The van der Waals surface area contributed by atoms with E-state index >= 15 is 0 Å². The summed E-state index contributed by atoms with van der Waals surface area (Å²) in [6, 6.07) is 1.14. The minimum Gasteiger partial charge on any atom is -0.469 e. The van der Waals surface area contributed by atoms with E-state index in [1.807, 2.05) is 0 Å². The molecule has 0 aliphatic heterocycles.